The van der Waals surface area contributed by atoms with Crippen LogP contribution >= 0.6 is 0 Å². The highest BCUT2D eigenvalue weighted by molar-refractivity contribution is 4.99. The van der Waals surface area contributed by atoms with Gasteiger partial charge in [0.05, 0.1) is 12.0 Å². The maximum atomic E-state index is 8.74. The molecule has 0 amide bonds. The second kappa shape index (κ2) is 2.25. The van der Waals surface area contributed by atoms with Crippen LogP contribution in [0.5, 0.6) is 0 Å². The van der Waals surface area contributed by atoms with Gasteiger partial charge in [0.2, 0.25) is 0 Å². The quantitative estimate of drug-likeness (QED) is 0.533. The fourth-order valence-electron chi connectivity index (χ4n) is 2.26. The Kier molecular flexibility index (Phi) is 1.39. The highest BCUT2D eigenvalue weighted by Crippen LogP contribution is 2.37. The minimum absolute atomic E-state index is 0.361. The lowest BCUT2D eigenvalue weighted by Crippen LogP contribution is -2.31. The summed E-state index contributed by atoms with van der Waals surface area (Å²) in [4.78, 5) is 0. The van der Waals surface area contributed by atoms with Crippen molar-refractivity contribution < 1.29 is 0 Å². The summed E-state index contributed by atoms with van der Waals surface area (Å²) in [6.07, 6.45) is 2.44. The molecule has 54 valence electrons. The van der Waals surface area contributed by atoms with Crippen LogP contribution in [0, 0.1) is 29.1 Å². The van der Waals surface area contributed by atoms with E-state index in [1.807, 2.05) is 0 Å². The molecule has 1 saturated carbocycles. The summed E-state index contributed by atoms with van der Waals surface area (Å²) in [6.45, 7) is 2.23. The number of hydrogen-bond donors (Lipinski definition) is 1. The van der Waals surface area contributed by atoms with E-state index in [2.05, 4.69) is 11.4 Å². The van der Waals surface area contributed by atoms with Gasteiger partial charge >= 0.3 is 0 Å². The Morgan fingerprint density at radius 1 is 1.30 bits per heavy atom. The molecule has 3 atom stereocenters. The Balaban J connectivity index is 2.10. The summed E-state index contributed by atoms with van der Waals surface area (Å²) in [5.74, 6) is 1.84. The molecule has 1 N–H and O–H groups in total. The van der Waals surface area contributed by atoms with Gasteiger partial charge in [0.25, 0.3) is 0 Å². The summed E-state index contributed by atoms with van der Waals surface area (Å²) in [7, 11) is 0. The van der Waals surface area contributed by atoms with E-state index in [0.717, 1.165) is 25.4 Å². The van der Waals surface area contributed by atoms with Crippen LogP contribution in [-0.4, -0.2) is 13.1 Å². The van der Waals surface area contributed by atoms with Crippen molar-refractivity contribution in [3.8, 4) is 6.07 Å². The zero-order valence-corrected chi connectivity index (χ0v) is 6.01. The van der Waals surface area contributed by atoms with Gasteiger partial charge in [0.1, 0.15) is 0 Å². The fourth-order valence-corrected chi connectivity index (χ4v) is 2.26. The van der Waals surface area contributed by atoms with Crippen LogP contribution < -0.4 is 5.32 Å². The number of rotatable bonds is 0. The monoisotopic (exact) mass is 136 g/mol. The number of piperidine rings is 1. The van der Waals surface area contributed by atoms with E-state index < -0.39 is 0 Å². The Morgan fingerprint density at radius 2 is 2.20 bits per heavy atom. The number of nitriles is 1. The number of hydrogen-bond acceptors (Lipinski definition) is 2. The molecule has 10 heavy (non-hydrogen) atoms. The summed E-state index contributed by atoms with van der Waals surface area (Å²) in [5, 5.41) is 12.1. The topological polar surface area (TPSA) is 35.8 Å². The molecule has 0 aromatic rings. The van der Waals surface area contributed by atoms with Crippen molar-refractivity contribution in [2.75, 3.05) is 13.1 Å². The van der Waals surface area contributed by atoms with E-state index in [9.17, 15) is 0 Å². The van der Waals surface area contributed by atoms with Crippen molar-refractivity contribution in [3.63, 3.8) is 0 Å². The van der Waals surface area contributed by atoms with Crippen molar-refractivity contribution >= 4 is 0 Å². The van der Waals surface area contributed by atoms with E-state index >= 15 is 0 Å². The van der Waals surface area contributed by atoms with Gasteiger partial charge in [-0.2, -0.15) is 5.26 Å². The van der Waals surface area contributed by atoms with Gasteiger partial charge in [0, 0.05) is 0 Å². The van der Waals surface area contributed by atoms with E-state index in [0.29, 0.717) is 11.8 Å². The molecule has 0 radical (unpaired) electrons. The second-order valence-electron chi connectivity index (χ2n) is 3.49. The number of nitrogens with zero attached hydrogens (tertiary/aromatic N) is 1. The van der Waals surface area contributed by atoms with E-state index in [1.54, 1.807) is 0 Å². The molecule has 2 rings (SSSR count). The summed E-state index contributed by atoms with van der Waals surface area (Å²) < 4.78 is 0. The van der Waals surface area contributed by atoms with Gasteiger partial charge in [-0.3, -0.25) is 0 Å². The summed E-state index contributed by atoms with van der Waals surface area (Å²) in [5.41, 5.74) is 0. The van der Waals surface area contributed by atoms with Crippen molar-refractivity contribution in [3.05, 3.63) is 0 Å². The van der Waals surface area contributed by atoms with E-state index in [1.165, 1.54) is 6.42 Å². The van der Waals surface area contributed by atoms with Gasteiger partial charge in [0.15, 0.2) is 0 Å². The predicted molar refractivity (Wildman–Crippen MR) is 38.2 cm³/mol. The smallest absolute Gasteiger partial charge is 0.0659 e. The maximum absolute atomic E-state index is 8.74. The van der Waals surface area contributed by atoms with Crippen LogP contribution in [0.3, 0.4) is 0 Å². The Labute approximate surface area is 61.2 Å². The first kappa shape index (κ1) is 6.18. The molecule has 1 aliphatic carbocycles. The van der Waals surface area contributed by atoms with Gasteiger partial charge in [-0.1, -0.05) is 0 Å². The third-order valence-corrected chi connectivity index (χ3v) is 2.80. The van der Waals surface area contributed by atoms with Gasteiger partial charge in [-0.05, 0) is 37.8 Å². The average Bonchev–Trinajstić information content (AvgIpc) is 2.26. The van der Waals surface area contributed by atoms with E-state index in [-0.39, 0.29) is 0 Å². The van der Waals surface area contributed by atoms with Gasteiger partial charge in [-0.25, -0.2) is 0 Å². The lowest BCUT2D eigenvalue weighted by molar-refractivity contribution is 0.367. The first-order chi connectivity index (χ1) is 4.90. The average molecular weight is 136 g/mol. The molecule has 0 aromatic carbocycles. The number of fused-ring (bicyclic) bond motifs is 2. The number of nitrogens with one attached hydrogen (secondary N) is 1. The van der Waals surface area contributed by atoms with Gasteiger partial charge in [-0.15, -0.1) is 0 Å². The van der Waals surface area contributed by atoms with Crippen LogP contribution in [0.1, 0.15) is 12.8 Å². The molecular weight excluding hydrogens is 124 g/mol. The molecule has 3 unspecified atom stereocenters. The van der Waals surface area contributed by atoms with Crippen LogP contribution in [0.4, 0.5) is 0 Å². The second-order valence-corrected chi connectivity index (χ2v) is 3.49. The molecule has 1 aliphatic heterocycles. The third kappa shape index (κ3) is 0.819. The van der Waals surface area contributed by atoms with Crippen molar-refractivity contribution in [1.82, 2.24) is 5.32 Å². The molecule has 2 nitrogen and oxygen atoms in total. The zero-order chi connectivity index (χ0) is 6.97. The fraction of sp³-hybridized carbons (Fsp3) is 0.875. The lowest BCUT2D eigenvalue weighted by Gasteiger charge is -2.19. The predicted octanol–water partition coefficient (Wildman–Crippen LogP) is 0.756. The van der Waals surface area contributed by atoms with Crippen LogP contribution in [0.2, 0.25) is 0 Å². The SMILES string of the molecule is N#CC1CC2CNCC1C2. The molecule has 2 fully saturated rings. The van der Waals surface area contributed by atoms with Gasteiger partial charge < -0.3 is 5.32 Å². The minimum atomic E-state index is 0.361. The normalized spacial score (nSPS) is 44.9. The molecule has 2 aliphatic rings. The molecule has 2 bridgehead atoms. The molecule has 1 saturated heterocycles. The van der Waals surface area contributed by atoms with Crippen molar-refractivity contribution in [2.24, 2.45) is 17.8 Å². The van der Waals surface area contributed by atoms with Crippen LogP contribution in [0.25, 0.3) is 0 Å². The lowest BCUT2D eigenvalue weighted by atomic mass is 9.97. The minimum Gasteiger partial charge on any atom is -0.316 e. The first-order valence-electron chi connectivity index (χ1n) is 4.00. The Bertz CT molecular complexity index is 171. The van der Waals surface area contributed by atoms with Crippen LogP contribution in [-0.2, 0) is 0 Å². The largest absolute Gasteiger partial charge is 0.316 e. The Morgan fingerprint density at radius 3 is 2.90 bits per heavy atom. The summed E-state index contributed by atoms with van der Waals surface area (Å²) in [6, 6.07) is 2.40. The zero-order valence-electron chi connectivity index (χ0n) is 6.01. The molecule has 0 aromatic heterocycles. The Hall–Kier alpha value is -0.550. The highest BCUT2D eigenvalue weighted by Gasteiger charge is 2.36. The molecule has 2 heteroatoms. The molecule has 0 spiro atoms. The van der Waals surface area contributed by atoms with Crippen molar-refractivity contribution in [2.45, 2.75) is 12.8 Å². The van der Waals surface area contributed by atoms with Crippen molar-refractivity contribution in [1.29, 1.82) is 5.26 Å². The van der Waals surface area contributed by atoms with E-state index in [4.69, 9.17) is 5.26 Å². The highest BCUT2D eigenvalue weighted by atomic mass is 14.9. The first-order valence-corrected chi connectivity index (χ1v) is 4.00. The van der Waals surface area contributed by atoms with Crippen LogP contribution in [0.15, 0.2) is 0 Å². The maximum Gasteiger partial charge on any atom is 0.0659 e. The third-order valence-electron chi connectivity index (χ3n) is 2.80. The standard InChI is InChI=1S/C8H12N2/c9-3-7-1-6-2-8(7)5-10-4-6/h6-8,10H,1-2,4-5H2. The molecule has 1 heterocycles. The summed E-state index contributed by atoms with van der Waals surface area (Å²) >= 11 is 0. The molecular formula is C8H12N2.